The molecule has 0 aromatic heterocycles. The van der Waals surface area contributed by atoms with Crippen LogP contribution in [0.25, 0.3) is 0 Å². The predicted octanol–water partition coefficient (Wildman–Crippen LogP) is 0.819. The van der Waals surface area contributed by atoms with Crippen molar-refractivity contribution in [3.63, 3.8) is 0 Å². The molecule has 0 radical (unpaired) electrons. The Hall–Kier alpha value is -1.52. The van der Waals surface area contributed by atoms with Crippen LogP contribution in [0.4, 0.5) is 4.79 Å². The molecule has 0 saturated heterocycles. The molecule has 2 amide bonds. The van der Waals surface area contributed by atoms with Crippen LogP contribution in [0, 0.1) is 0 Å². The van der Waals surface area contributed by atoms with E-state index in [1.165, 1.54) is 6.08 Å². The second kappa shape index (κ2) is 4.82. The van der Waals surface area contributed by atoms with E-state index in [2.05, 4.69) is 11.9 Å². The van der Waals surface area contributed by atoms with E-state index in [1.54, 1.807) is 11.9 Å². The van der Waals surface area contributed by atoms with E-state index in [0.717, 1.165) is 12.8 Å². The number of nitrogens with one attached hydrogen (secondary N) is 1. The van der Waals surface area contributed by atoms with Crippen molar-refractivity contribution in [1.82, 2.24) is 10.2 Å². The van der Waals surface area contributed by atoms with Gasteiger partial charge in [-0.3, -0.25) is 0 Å². The average Bonchev–Trinajstić information content (AvgIpc) is 2.98. The monoisotopic (exact) mass is 212 g/mol. The molecule has 0 spiro atoms. The molecule has 0 aliphatic heterocycles. The van der Waals surface area contributed by atoms with Crippen molar-refractivity contribution in [2.75, 3.05) is 7.05 Å². The van der Waals surface area contributed by atoms with E-state index < -0.39 is 12.0 Å². The number of hydrogen-bond donors (Lipinski definition) is 2. The summed E-state index contributed by atoms with van der Waals surface area (Å²) in [7, 11) is 1.68. The van der Waals surface area contributed by atoms with E-state index in [0.29, 0.717) is 0 Å². The molecule has 84 valence electrons. The Morgan fingerprint density at radius 3 is 2.67 bits per heavy atom. The standard InChI is InChI=1S/C10H16N2O3/c1-3-4-8(9(13)14)11-10(15)12(2)7-5-6-7/h3,7-8H,1,4-6H2,2H3,(H,11,15)(H,13,14). The van der Waals surface area contributed by atoms with Crippen LogP contribution in [-0.4, -0.2) is 41.1 Å². The number of carboxylic acids is 1. The summed E-state index contributed by atoms with van der Waals surface area (Å²) in [6, 6.07) is -0.925. The molecule has 0 aromatic rings. The number of carboxylic acid groups (broad SMARTS) is 1. The first-order valence-electron chi connectivity index (χ1n) is 4.93. The smallest absolute Gasteiger partial charge is 0.326 e. The van der Waals surface area contributed by atoms with Gasteiger partial charge in [0.15, 0.2) is 0 Å². The Labute approximate surface area is 88.8 Å². The molecule has 1 rings (SSSR count). The Morgan fingerprint density at radius 2 is 2.27 bits per heavy atom. The van der Waals surface area contributed by atoms with Crippen molar-refractivity contribution < 1.29 is 14.7 Å². The van der Waals surface area contributed by atoms with E-state index in [-0.39, 0.29) is 18.5 Å². The maximum Gasteiger partial charge on any atom is 0.326 e. The third-order valence-corrected chi connectivity index (χ3v) is 2.41. The zero-order valence-electron chi connectivity index (χ0n) is 8.77. The van der Waals surface area contributed by atoms with Crippen LogP contribution in [0.15, 0.2) is 12.7 Å². The molecule has 1 unspecified atom stereocenters. The largest absolute Gasteiger partial charge is 0.480 e. The fraction of sp³-hybridized carbons (Fsp3) is 0.600. The lowest BCUT2D eigenvalue weighted by molar-refractivity contribution is -0.139. The fourth-order valence-corrected chi connectivity index (χ4v) is 1.27. The molecule has 1 fully saturated rings. The van der Waals surface area contributed by atoms with Crippen LogP contribution in [0.5, 0.6) is 0 Å². The molecule has 0 bridgehead atoms. The zero-order chi connectivity index (χ0) is 11.4. The van der Waals surface area contributed by atoms with Gasteiger partial charge in [0.05, 0.1) is 0 Å². The normalized spacial score (nSPS) is 16.6. The maximum absolute atomic E-state index is 11.5. The van der Waals surface area contributed by atoms with Crippen LogP contribution >= 0.6 is 0 Å². The first kappa shape index (κ1) is 11.6. The minimum atomic E-state index is -1.03. The van der Waals surface area contributed by atoms with E-state index in [4.69, 9.17) is 5.11 Å². The van der Waals surface area contributed by atoms with Gasteiger partial charge in [-0.15, -0.1) is 6.58 Å². The molecule has 1 atom stereocenters. The molecular weight excluding hydrogens is 196 g/mol. The van der Waals surface area contributed by atoms with Crippen molar-refractivity contribution in [1.29, 1.82) is 0 Å². The van der Waals surface area contributed by atoms with E-state index >= 15 is 0 Å². The summed E-state index contributed by atoms with van der Waals surface area (Å²) < 4.78 is 0. The lowest BCUT2D eigenvalue weighted by atomic mass is 10.2. The average molecular weight is 212 g/mol. The molecule has 0 heterocycles. The van der Waals surface area contributed by atoms with Crippen molar-refractivity contribution in [3.8, 4) is 0 Å². The quantitative estimate of drug-likeness (QED) is 0.663. The first-order chi connectivity index (χ1) is 7.06. The zero-order valence-corrected chi connectivity index (χ0v) is 8.77. The Kier molecular flexibility index (Phi) is 3.71. The fourth-order valence-electron chi connectivity index (χ4n) is 1.27. The summed E-state index contributed by atoms with van der Waals surface area (Å²) >= 11 is 0. The number of carbonyl (C=O) groups is 2. The number of urea groups is 1. The van der Waals surface area contributed by atoms with Gasteiger partial charge in [-0.25, -0.2) is 9.59 Å². The minimum absolute atomic E-state index is 0.236. The van der Waals surface area contributed by atoms with Crippen molar-refractivity contribution in [2.24, 2.45) is 0 Å². The highest BCUT2D eigenvalue weighted by atomic mass is 16.4. The molecule has 0 aromatic carbocycles. The summed E-state index contributed by atoms with van der Waals surface area (Å²) in [4.78, 5) is 23.8. The second-order valence-corrected chi connectivity index (χ2v) is 3.71. The van der Waals surface area contributed by atoms with Crippen LogP contribution in [0.1, 0.15) is 19.3 Å². The Balaban J connectivity index is 2.45. The van der Waals surface area contributed by atoms with Crippen molar-refractivity contribution >= 4 is 12.0 Å². The lowest BCUT2D eigenvalue weighted by Crippen LogP contribution is -2.47. The summed E-state index contributed by atoms with van der Waals surface area (Å²) in [5, 5.41) is 11.3. The highest BCUT2D eigenvalue weighted by Gasteiger charge is 2.31. The van der Waals surface area contributed by atoms with Gasteiger partial charge in [-0.2, -0.15) is 0 Å². The summed E-state index contributed by atoms with van der Waals surface area (Å²) in [6.45, 7) is 3.45. The third-order valence-electron chi connectivity index (χ3n) is 2.41. The first-order valence-corrected chi connectivity index (χ1v) is 4.93. The van der Waals surface area contributed by atoms with Gasteiger partial charge in [0.25, 0.3) is 0 Å². The van der Waals surface area contributed by atoms with Gasteiger partial charge in [0.1, 0.15) is 6.04 Å². The summed E-state index contributed by atoms with van der Waals surface area (Å²) in [5.41, 5.74) is 0. The second-order valence-electron chi connectivity index (χ2n) is 3.71. The number of hydrogen-bond acceptors (Lipinski definition) is 2. The molecule has 5 heteroatoms. The molecule has 5 nitrogen and oxygen atoms in total. The predicted molar refractivity (Wildman–Crippen MR) is 55.6 cm³/mol. The number of rotatable bonds is 5. The third kappa shape index (κ3) is 3.27. The molecule has 15 heavy (non-hydrogen) atoms. The Bertz CT molecular complexity index is 274. The number of carbonyl (C=O) groups excluding carboxylic acids is 1. The maximum atomic E-state index is 11.5. The highest BCUT2D eigenvalue weighted by molar-refractivity contribution is 5.82. The van der Waals surface area contributed by atoms with Gasteiger partial charge < -0.3 is 15.3 Å². The summed E-state index contributed by atoms with van der Waals surface area (Å²) in [5.74, 6) is -1.03. The topological polar surface area (TPSA) is 69.6 Å². The van der Waals surface area contributed by atoms with Gasteiger partial charge in [0, 0.05) is 13.1 Å². The van der Waals surface area contributed by atoms with Crippen molar-refractivity contribution in [2.45, 2.75) is 31.3 Å². The van der Waals surface area contributed by atoms with Crippen LogP contribution < -0.4 is 5.32 Å². The van der Waals surface area contributed by atoms with Crippen molar-refractivity contribution in [3.05, 3.63) is 12.7 Å². The van der Waals surface area contributed by atoms with Gasteiger partial charge in [0.2, 0.25) is 0 Å². The van der Waals surface area contributed by atoms with E-state index in [1.807, 2.05) is 0 Å². The van der Waals surface area contributed by atoms with Crippen LogP contribution in [0.2, 0.25) is 0 Å². The molecule has 2 N–H and O–H groups in total. The number of nitrogens with zero attached hydrogens (tertiary/aromatic N) is 1. The molecule has 1 aliphatic carbocycles. The lowest BCUT2D eigenvalue weighted by Gasteiger charge is -2.20. The van der Waals surface area contributed by atoms with E-state index in [9.17, 15) is 9.59 Å². The van der Waals surface area contributed by atoms with Gasteiger partial charge >= 0.3 is 12.0 Å². The Morgan fingerprint density at radius 1 is 1.67 bits per heavy atom. The SMILES string of the molecule is C=CCC(NC(=O)N(C)C1CC1)C(=O)O. The van der Waals surface area contributed by atoms with Gasteiger partial charge in [-0.05, 0) is 19.3 Å². The highest BCUT2D eigenvalue weighted by Crippen LogP contribution is 2.25. The van der Waals surface area contributed by atoms with Crippen LogP contribution in [-0.2, 0) is 4.79 Å². The molecular formula is C10H16N2O3. The number of aliphatic carboxylic acids is 1. The number of amides is 2. The van der Waals surface area contributed by atoms with Crippen LogP contribution in [0.3, 0.4) is 0 Å². The summed E-state index contributed by atoms with van der Waals surface area (Å²) in [6.07, 6.45) is 3.72. The molecule has 1 aliphatic rings. The minimum Gasteiger partial charge on any atom is -0.480 e. The van der Waals surface area contributed by atoms with Gasteiger partial charge in [-0.1, -0.05) is 6.08 Å². The molecule has 1 saturated carbocycles.